The Morgan fingerprint density at radius 1 is 1.15 bits per heavy atom. The number of fused-ring (bicyclic) bond motifs is 4. The van der Waals surface area contributed by atoms with Gasteiger partial charge in [0.2, 0.25) is 6.79 Å². The number of aromatic nitrogens is 2. The van der Waals surface area contributed by atoms with E-state index in [-0.39, 0.29) is 30.4 Å². The zero-order chi connectivity index (χ0) is 22.4. The average molecular weight is 481 g/mol. The van der Waals surface area contributed by atoms with Crippen LogP contribution >= 0.6 is 23.1 Å². The third kappa shape index (κ3) is 3.75. The van der Waals surface area contributed by atoms with Gasteiger partial charge in [-0.25, -0.2) is 4.98 Å². The Hall–Kier alpha value is -3.04. The molecule has 0 amide bonds. The lowest BCUT2D eigenvalue weighted by Gasteiger charge is -2.12. The Balaban J connectivity index is 1.35. The van der Waals surface area contributed by atoms with Crippen molar-refractivity contribution in [1.29, 1.82) is 0 Å². The number of carbonyl (C=O) groups excluding carboxylic acids is 1. The Morgan fingerprint density at radius 2 is 2.03 bits per heavy atom. The smallest absolute Gasteiger partial charge is 0.263 e. The molecule has 9 heteroatoms. The normalized spacial score (nSPS) is 14.5. The van der Waals surface area contributed by atoms with E-state index in [4.69, 9.17) is 18.9 Å². The predicted octanol–water partition coefficient (Wildman–Crippen LogP) is 4.68. The van der Waals surface area contributed by atoms with Crippen LogP contribution < -0.4 is 15.0 Å². The van der Waals surface area contributed by atoms with Crippen molar-refractivity contribution in [2.24, 2.45) is 0 Å². The summed E-state index contributed by atoms with van der Waals surface area (Å²) in [5.74, 6) is 1.97. The van der Waals surface area contributed by atoms with E-state index < -0.39 is 0 Å². The van der Waals surface area contributed by atoms with Gasteiger partial charge in [0.15, 0.2) is 22.4 Å². The van der Waals surface area contributed by atoms with Crippen LogP contribution in [0.4, 0.5) is 0 Å². The van der Waals surface area contributed by atoms with E-state index in [0.29, 0.717) is 28.0 Å². The summed E-state index contributed by atoms with van der Waals surface area (Å²) in [6.45, 7) is 0.440. The monoisotopic (exact) mass is 480 g/mol. The molecule has 4 heterocycles. The first kappa shape index (κ1) is 20.6. The standard InChI is InChI=1S/C24H20N2O5S2/c27-17(14-7-8-18-19(10-14)31-13-30-18)12-32-24-25-22-21(16-5-1-2-6-20(16)33-22)23(28)26(24)11-15-4-3-9-29-15/h3-4,7-10H,1-2,5-6,11-13H2. The minimum atomic E-state index is -0.0670. The van der Waals surface area contributed by atoms with Gasteiger partial charge in [-0.15, -0.1) is 11.3 Å². The molecule has 0 fully saturated rings. The van der Waals surface area contributed by atoms with Crippen LogP contribution in [0.25, 0.3) is 10.2 Å². The van der Waals surface area contributed by atoms with Crippen LogP contribution in [0.2, 0.25) is 0 Å². The lowest BCUT2D eigenvalue weighted by atomic mass is 9.97. The first-order valence-electron chi connectivity index (χ1n) is 10.8. The molecule has 7 nitrogen and oxygen atoms in total. The number of Topliss-reactive ketones (excluding diaryl/α,β-unsaturated/α-hetero) is 1. The van der Waals surface area contributed by atoms with E-state index in [2.05, 4.69) is 0 Å². The fraction of sp³-hybridized carbons (Fsp3) is 0.292. The lowest BCUT2D eigenvalue weighted by Crippen LogP contribution is -2.24. The molecule has 0 bridgehead atoms. The fourth-order valence-corrected chi connectivity index (χ4v) is 6.51. The lowest BCUT2D eigenvalue weighted by molar-refractivity contribution is 0.102. The van der Waals surface area contributed by atoms with Gasteiger partial charge in [0.1, 0.15) is 10.6 Å². The second kappa shape index (κ2) is 8.39. The fourth-order valence-electron chi connectivity index (χ4n) is 4.31. The molecule has 1 aliphatic carbocycles. The van der Waals surface area contributed by atoms with Crippen LogP contribution in [0.15, 0.2) is 51.0 Å². The first-order chi connectivity index (χ1) is 16.2. The topological polar surface area (TPSA) is 83.6 Å². The van der Waals surface area contributed by atoms with E-state index in [1.165, 1.54) is 16.6 Å². The number of hydrogen-bond donors (Lipinski definition) is 0. The highest BCUT2D eigenvalue weighted by Crippen LogP contribution is 2.35. The van der Waals surface area contributed by atoms with Crippen LogP contribution in [-0.4, -0.2) is 27.9 Å². The van der Waals surface area contributed by atoms with Gasteiger partial charge >= 0.3 is 0 Å². The second-order valence-electron chi connectivity index (χ2n) is 8.04. The van der Waals surface area contributed by atoms with Crippen molar-refractivity contribution in [2.75, 3.05) is 12.5 Å². The van der Waals surface area contributed by atoms with Crippen molar-refractivity contribution in [1.82, 2.24) is 9.55 Å². The van der Waals surface area contributed by atoms with E-state index in [1.54, 1.807) is 46.4 Å². The van der Waals surface area contributed by atoms with Crippen molar-refractivity contribution in [3.63, 3.8) is 0 Å². The SMILES string of the molecule is O=C(CSc1nc2sc3c(c2c(=O)n1Cc1ccco1)CCCC3)c1ccc2c(c1)OCO2. The van der Waals surface area contributed by atoms with Gasteiger partial charge in [-0.1, -0.05) is 11.8 Å². The molecule has 0 unspecified atom stereocenters. The second-order valence-corrected chi connectivity index (χ2v) is 10.1. The molecule has 0 saturated heterocycles. The summed E-state index contributed by atoms with van der Waals surface area (Å²) in [5, 5.41) is 1.25. The van der Waals surface area contributed by atoms with Gasteiger partial charge in [-0.2, -0.15) is 0 Å². The minimum Gasteiger partial charge on any atom is -0.467 e. The van der Waals surface area contributed by atoms with Crippen molar-refractivity contribution in [3.05, 3.63) is 68.7 Å². The molecule has 168 valence electrons. The molecular formula is C24H20N2O5S2. The summed E-state index contributed by atoms with van der Waals surface area (Å²) < 4.78 is 17.9. The molecule has 0 radical (unpaired) electrons. The molecule has 3 aromatic heterocycles. The van der Waals surface area contributed by atoms with Crippen LogP contribution in [0, 0.1) is 0 Å². The minimum absolute atomic E-state index is 0.0613. The summed E-state index contributed by atoms with van der Waals surface area (Å²) in [6.07, 6.45) is 5.75. The van der Waals surface area contributed by atoms with Crippen LogP contribution in [0.3, 0.4) is 0 Å². The summed E-state index contributed by atoms with van der Waals surface area (Å²) >= 11 is 2.89. The molecular weight excluding hydrogens is 460 g/mol. The van der Waals surface area contributed by atoms with E-state index in [0.717, 1.165) is 41.5 Å². The van der Waals surface area contributed by atoms with Gasteiger partial charge in [0.05, 0.1) is 23.9 Å². The highest BCUT2D eigenvalue weighted by atomic mass is 32.2. The molecule has 4 aromatic rings. The molecule has 0 spiro atoms. The van der Waals surface area contributed by atoms with Crippen LogP contribution in [0.1, 0.15) is 39.4 Å². The van der Waals surface area contributed by atoms with Gasteiger partial charge < -0.3 is 13.9 Å². The number of thiophene rings is 1. The van der Waals surface area contributed by atoms with Crippen LogP contribution in [0.5, 0.6) is 11.5 Å². The molecule has 1 aromatic carbocycles. The Bertz CT molecular complexity index is 1420. The number of carbonyl (C=O) groups is 1. The number of benzene rings is 1. The van der Waals surface area contributed by atoms with Gasteiger partial charge in [0.25, 0.3) is 5.56 Å². The maximum absolute atomic E-state index is 13.6. The average Bonchev–Trinajstić information content (AvgIpc) is 3.58. The van der Waals surface area contributed by atoms with Gasteiger partial charge in [-0.05, 0) is 61.6 Å². The predicted molar refractivity (Wildman–Crippen MR) is 126 cm³/mol. The molecule has 1 aliphatic heterocycles. The number of ether oxygens (including phenoxy) is 2. The maximum atomic E-state index is 13.6. The molecule has 0 N–H and O–H groups in total. The summed E-state index contributed by atoms with van der Waals surface area (Å²) in [6, 6.07) is 8.82. The highest BCUT2D eigenvalue weighted by Gasteiger charge is 2.23. The first-order valence-corrected chi connectivity index (χ1v) is 12.6. The summed E-state index contributed by atoms with van der Waals surface area (Å²) in [5.41, 5.74) is 1.63. The molecule has 33 heavy (non-hydrogen) atoms. The van der Waals surface area contributed by atoms with Crippen molar-refractivity contribution >= 4 is 39.1 Å². The number of ketones is 1. The number of hydrogen-bond acceptors (Lipinski definition) is 8. The maximum Gasteiger partial charge on any atom is 0.263 e. The van der Waals surface area contributed by atoms with Crippen LogP contribution in [-0.2, 0) is 19.4 Å². The molecule has 2 aliphatic rings. The highest BCUT2D eigenvalue weighted by molar-refractivity contribution is 7.99. The zero-order valence-electron chi connectivity index (χ0n) is 17.7. The van der Waals surface area contributed by atoms with Gasteiger partial charge in [-0.3, -0.25) is 14.2 Å². The van der Waals surface area contributed by atoms with Crippen molar-refractivity contribution in [3.8, 4) is 11.5 Å². The van der Waals surface area contributed by atoms with Crippen molar-refractivity contribution in [2.45, 2.75) is 37.4 Å². The molecule has 0 atom stereocenters. The third-order valence-electron chi connectivity index (χ3n) is 5.96. The largest absolute Gasteiger partial charge is 0.467 e. The molecule has 0 saturated carbocycles. The number of nitrogens with zero attached hydrogens (tertiary/aromatic N) is 2. The number of furan rings is 1. The number of rotatable bonds is 6. The molecule has 6 rings (SSSR count). The van der Waals surface area contributed by atoms with Crippen molar-refractivity contribution < 1.29 is 18.7 Å². The zero-order valence-corrected chi connectivity index (χ0v) is 19.3. The Labute approximate surface area is 197 Å². The third-order valence-corrected chi connectivity index (χ3v) is 8.12. The van der Waals surface area contributed by atoms with E-state index in [1.807, 2.05) is 6.07 Å². The number of thioether (sulfide) groups is 1. The van der Waals surface area contributed by atoms with Gasteiger partial charge in [0, 0.05) is 10.4 Å². The quantitative estimate of drug-likeness (QED) is 0.225. The van der Waals surface area contributed by atoms with E-state index in [9.17, 15) is 9.59 Å². The summed E-state index contributed by atoms with van der Waals surface area (Å²) in [7, 11) is 0. The Morgan fingerprint density at radius 3 is 2.91 bits per heavy atom. The number of aryl methyl sites for hydroxylation is 2. The van der Waals surface area contributed by atoms with E-state index >= 15 is 0 Å². The Kier molecular flexibility index (Phi) is 5.22. The summed E-state index contributed by atoms with van der Waals surface area (Å²) in [4.78, 5) is 33.4.